The number of carbonyl (C=O) groups is 2. The summed E-state index contributed by atoms with van der Waals surface area (Å²) >= 11 is 0. The molecule has 0 heterocycles. The van der Waals surface area contributed by atoms with E-state index in [1.165, 1.54) is 44.9 Å². The molecule has 10 nitrogen and oxygen atoms in total. The van der Waals surface area contributed by atoms with Gasteiger partial charge in [0.05, 0.1) is 19.8 Å². The van der Waals surface area contributed by atoms with Gasteiger partial charge in [-0.05, 0) is 77.0 Å². The molecule has 0 saturated carbocycles. The fourth-order valence-corrected chi connectivity index (χ4v) is 5.58. The molecule has 54 heavy (non-hydrogen) atoms. The van der Waals surface area contributed by atoms with E-state index in [0.717, 1.165) is 64.2 Å². The number of aliphatic carboxylic acids is 1. The minimum atomic E-state index is -4.64. The third kappa shape index (κ3) is 37.5. The van der Waals surface area contributed by atoms with Crippen LogP contribution in [0.25, 0.3) is 0 Å². The van der Waals surface area contributed by atoms with Crippen LogP contribution in [0.1, 0.15) is 136 Å². The second kappa shape index (κ2) is 38.4. The number of phosphoric acid groups is 1. The summed E-state index contributed by atoms with van der Waals surface area (Å²) in [7, 11) is -4.64. The van der Waals surface area contributed by atoms with Crippen molar-refractivity contribution < 1.29 is 42.7 Å². The summed E-state index contributed by atoms with van der Waals surface area (Å²) in [4.78, 5) is 33.4. The van der Waals surface area contributed by atoms with Crippen molar-refractivity contribution in [3.63, 3.8) is 0 Å². The van der Waals surface area contributed by atoms with E-state index in [9.17, 15) is 19.0 Å². The number of hydrogen-bond acceptors (Lipinski definition) is 8. The number of ether oxygens (including phenoxy) is 2. The van der Waals surface area contributed by atoms with E-state index in [2.05, 4.69) is 91.3 Å². The van der Waals surface area contributed by atoms with Gasteiger partial charge in [-0.3, -0.25) is 18.6 Å². The van der Waals surface area contributed by atoms with Gasteiger partial charge in [0.2, 0.25) is 0 Å². The lowest BCUT2D eigenvalue weighted by molar-refractivity contribution is -0.154. The molecule has 0 radical (unpaired) electrons. The van der Waals surface area contributed by atoms with Crippen LogP contribution >= 0.6 is 7.82 Å². The van der Waals surface area contributed by atoms with Crippen molar-refractivity contribution in [1.29, 1.82) is 0 Å². The largest absolute Gasteiger partial charge is 0.480 e. The van der Waals surface area contributed by atoms with Crippen LogP contribution in [0.5, 0.6) is 0 Å². The van der Waals surface area contributed by atoms with Gasteiger partial charge in [-0.15, -0.1) is 0 Å². The molecule has 0 spiro atoms. The zero-order valence-electron chi connectivity index (χ0n) is 33.3. The highest BCUT2D eigenvalue weighted by Crippen LogP contribution is 2.43. The lowest BCUT2D eigenvalue weighted by Gasteiger charge is -2.20. The number of rotatable bonds is 37. The van der Waals surface area contributed by atoms with Gasteiger partial charge in [0.25, 0.3) is 0 Å². The number of carboxylic acid groups (broad SMARTS) is 1. The fraction of sp³-hybridized carbons (Fsp3) is 0.628. The predicted octanol–water partition coefficient (Wildman–Crippen LogP) is 10.8. The smallest absolute Gasteiger partial charge is 0.472 e. The molecule has 308 valence electrons. The first-order valence-electron chi connectivity index (χ1n) is 20.1. The number of nitrogens with two attached hydrogens (primary N) is 1. The Morgan fingerprint density at radius 1 is 0.611 bits per heavy atom. The molecule has 0 aliphatic rings. The van der Waals surface area contributed by atoms with Gasteiger partial charge >= 0.3 is 19.8 Å². The number of esters is 1. The van der Waals surface area contributed by atoms with Crippen molar-refractivity contribution >= 4 is 19.8 Å². The molecule has 0 aliphatic heterocycles. The van der Waals surface area contributed by atoms with Gasteiger partial charge in [0.1, 0.15) is 12.1 Å². The predicted molar refractivity (Wildman–Crippen MR) is 221 cm³/mol. The van der Waals surface area contributed by atoms with Crippen LogP contribution in [0.4, 0.5) is 0 Å². The third-order valence-electron chi connectivity index (χ3n) is 7.92. The third-order valence-corrected chi connectivity index (χ3v) is 8.87. The van der Waals surface area contributed by atoms with E-state index in [1.807, 2.05) is 12.2 Å². The lowest BCUT2D eigenvalue weighted by atomic mass is 10.1. The van der Waals surface area contributed by atoms with Crippen molar-refractivity contribution in [2.75, 3.05) is 26.4 Å². The second-order valence-electron chi connectivity index (χ2n) is 13.0. The first-order chi connectivity index (χ1) is 26.2. The molecule has 4 N–H and O–H groups in total. The fourth-order valence-electron chi connectivity index (χ4n) is 4.80. The molecule has 0 aromatic rings. The quantitative estimate of drug-likeness (QED) is 0.0240. The summed E-state index contributed by atoms with van der Waals surface area (Å²) in [6.45, 7) is 3.60. The van der Waals surface area contributed by atoms with Gasteiger partial charge in [-0.25, -0.2) is 4.57 Å². The summed E-state index contributed by atoms with van der Waals surface area (Å²) in [5.74, 6) is -1.88. The average Bonchev–Trinajstić information content (AvgIpc) is 3.15. The summed E-state index contributed by atoms with van der Waals surface area (Å²) in [6, 6.07) is -1.49. The minimum Gasteiger partial charge on any atom is -0.480 e. The Morgan fingerprint density at radius 3 is 1.61 bits per heavy atom. The average molecular weight is 778 g/mol. The molecule has 0 amide bonds. The van der Waals surface area contributed by atoms with E-state index >= 15 is 0 Å². The molecule has 0 aliphatic carbocycles. The van der Waals surface area contributed by atoms with Crippen molar-refractivity contribution in [2.45, 2.75) is 148 Å². The molecule has 3 unspecified atom stereocenters. The summed E-state index contributed by atoms with van der Waals surface area (Å²) in [5, 5.41) is 8.87. The van der Waals surface area contributed by atoms with E-state index in [0.29, 0.717) is 13.0 Å². The molecule has 0 rings (SSSR count). The standard InChI is InChI=1S/C43H72NO9P/c1-3-5-7-9-11-13-15-17-18-19-20-21-22-23-25-27-29-31-33-35-42(45)53-40(38-51-54(48,49)52-39-41(44)43(46)47)37-50-36-34-32-30-28-26-24-16-14-12-10-8-6-4-2/h5,7,11-14,17-18,20-21,23,25,29,31,40-41H,3-4,6,8-10,15-16,19,22,24,26-28,30,32-39,44H2,1-2H3,(H,46,47)(H,48,49)/b7-5-,13-11-,14-12-,18-17-,21-20-,25-23-,31-29-. The Bertz CT molecular complexity index is 1180. The van der Waals surface area contributed by atoms with Gasteiger partial charge in [-0.1, -0.05) is 137 Å². The zero-order valence-corrected chi connectivity index (χ0v) is 34.2. The van der Waals surface area contributed by atoms with Crippen LogP contribution in [0.3, 0.4) is 0 Å². The van der Waals surface area contributed by atoms with Crippen molar-refractivity contribution in [2.24, 2.45) is 5.73 Å². The van der Waals surface area contributed by atoms with Gasteiger partial charge in [-0.2, -0.15) is 0 Å². The van der Waals surface area contributed by atoms with E-state index in [4.69, 9.17) is 24.8 Å². The number of phosphoric ester groups is 1. The minimum absolute atomic E-state index is 0.0229. The highest BCUT2D eigenvalue weighted by molar-refractivity contribution is 7.47. The van der Waals surface area contributed by atoms with Crippen LogP contribution in [-0.2, 0) is 32.7 Å². The maximum Gasteiger partial charge on any atom is 0.472 e. The maximum absolute atomic E-state index is 12.6. The Balaban J connectivity index is 4.45. The van der Waals surface area contributed by atoms with E-state index < -0.39 is 45.1 Å². The molecule has 0 fully saturated rings. The van der Waals surface area contributed by atoms with Crippen LogP contribution in [0, 0.1) is 0 Å². The molecular formula is C43H72NO9P. The number of unbranched alkanes of at least 4 members (excludes halogenated alkanes) is 9. The van der Waals surface area contributed by atoms with Crippen molar-refractivity contribution in [3.8, 4) is 0 Å². The van der Waals surface area contributed by atoms with Gasteiger partial charge in [0.15, 0.2) is 0 Å². The molecule has 0 saturated heterocycles. The van der Waals surface area contributed by atoms with E-state index in [-0.39, 0.29) is 13.0 Å². The highest BCUT2D eigenvalue weighted by Gasteiger charge is 2.27. The summed E-state index contributed by atoms with van der Waals surface area (Å²) in [6.07, 6.45) is 47.9. The van der Waals surface area contributed by atoms with Crippen LogP contribution < -0.4 is 5.73 Å². The normalized spacial score (nSPS) is 14.9. The molecule has 3 atom stereocenters. The van der Waals surface area contributed by atoms with Crippen LogP contribution in [0.2, 0.25) is 0 Å². The number of allylic oxidation sites excluding steroid dienone is 14. The SMILES string of the molecule is CC/C=C\C/C=C\C/C=C\C/C=C\C/C=C\C/C=C\CCC(=O)OC(COCCCCCCCC/C=C\CCCCC)COP(=O)(O)OCC(N)C(=O)O. The molecule has 11 heteroatoms. The van der Waals surface area contributed by atoms with Crippen molar-refractivity contribution in [1.82, 2.24) is 0 Å². The van der Waals surface area contributed by atoms with Gasteiger partial charge in [0, 0.05) is 13.0 Å². The first kappa shape index (κ1) is 51.1. The molecule has 0 aromatic carbocycles. The van der Waals surface area contributed by atoms with Crippen LogP contribution in [-0.4, -0.2) is 60.5 Å². The molecular weight excluding hydrogens is 705 g/mol. The first-order valence-corrected chi connectivity index (χ1v) is 21.6. The highest BCUT2D eigenvalue weighted by atomic mass is 31.2. The second-order valence-corrected chi connectivity index (χ2v) is 14.5. The topological polar surface area (TPSA) is 155 Å². The summed E-state index contributed by atoms with van der Waals surface area (Å²) in [5.41, 5.74) is 5.34. The maximum atomic E-state index is 12.6. The van der Waals surface area contributed by atoms with Crippen molar-refractivity contribution in [3.05, 3.63) is 85.1 Å². The van der Waals surface area contributed by atoms with Crippen LogP contribution in [0.15, 0.2) is 85.1 Å². The van der Waals surface area contributed by atoms with Gasteiger partial charge < -0.3 is 25.2 Å². The Kier molecular flexibility index (Phi) is 36.4. The number of carboxylic acids is 1. The number of carbonyl (C=O) groups excluding carboxylic acids is 1. The number of hydrogen-bond donors (Lipinski definition) is 3. The molecule has 0 aromatic heterocycles. The Hall–Kier alpha value is -2.85. The Morgan fingerprint density at radius 2 is 1.07 bits per heavy atom. The molecule has 0 bridgehead atoms. The lowest BCUT2D eigenvalue weighted by Crippen LogP contribution is -2.34. The Labute approximate surface area is 326 Å². The summed E-state index contributed by atoms with van der Waals surface area (Å²) < 4.78 is 33.2. The zero-order chi connectivity index (χ0) is 39.8. The van der Waals surface area contributed by atoms with E-state index in [1.54, 1.807) is 0 Å². The monoisotopic (exact) mass is 777 g/mol.